The van der Waals surface area contributed by atoms with Gasteiger partial charge in [-0.3, -0.25) is 0 Å². The van der Waals surface area contributed by atoms with Crippen LogP contribution >= 0.6 is 12.2 Å². The first-order valence-corrected chi connectivity index (χ1v) is 7.85. The highest BCUT2D eigenvalue weighted by molar-refractivity contribution is 7.80. The fourth-order valence-corrected chi connectivity index (χ4v) is 2.14. The van der Waals surface area contributed by atoms with Gasteiger partial charge in [0.05, 0.1) is 30.0 Å². The van der Waals surface area contributed by atoms with Crippen LogP contribution in [-0.2, 0) is 9.47 Å². The van der Waals surface area contributed by atoms with Crippen LogP contribution in [0.2, 0.25) is 0 Å². The van der Waals surface area contributed by atoms with E-state index >= 15 is 0 Å². The zero-order chi connectivity index (χ0) is 17.4. The Bertz CT molecular complexity index is 587. The lowest BCUT2D eigenvalue weighted by atomic mass is 10.1. The Hall–Kier alpha value is -2.15. The summed E-state index contributed by atoms with van der Waals surface area (Å²) in [5.74, 6) is -0.952. The van der Waals surface area contributed by atoms with Gasteiger partial charge in [-0.1, -0.05) is 0 Å². The Morgan fingerprint density at radius 1 is 1.13 bits per heavy atom. The second kappa shape index (κ2) is 9.09. The molecule has 0 aliphatic rings. The summed E-state index contributed by atoms with van der Waals surface area (Å²) in [6.45, 7) is 7.86. The summed E-state index contributed by atoms with van der Waals surface area (Å²) in [6.07, 6.45) is 0. The topological polar surface area (TPSA) is 76.7 Å². The quantitative estimate of drug-likeness (QED) is 0.610. The molecule has 23 heavy (non-hydrogen) atoms. The maximum Gasteiger partial charge on any atom is 0.340 e. The fourth-order valence-electron chi connectivity index (χ4n) is 1.80. The lowest BCUT2D eigenvalue weighted by molar-refractivity contribution is 0.0512. The van der Waals surface area contributed by atoms with Gasteiger partial charge in [0.1, 0.15) is 0 Å². The van der Waals surface area contributed by atoms with Crippen molar-refractivity contribution < 1.29 is 19.1 Å². The van der Waals surface area contributed by atoms with E-state index in [-0.39, 0.29) is 19.3 Å². The summed E-state index contributed by atoms with van der Waals surface area (Å²) in [7, 11) is 0. The molecule has 0 saturated heterocycles. The molecule has 0 heterocycles. The van der Waals surface area contributed by atoms with Crippen molar-refractivity contribution in [2.24, 2.45) is 0 Å². The van der Waals surface area contributed by atoms with Crippen molar-refractivity contribution in [3.63, 3.8) is 0 Å². The molecule has 126 valence electrons. The molecule has 1 aromatic carbocycles. The van der Waals surface area contributed by atoms with Crippen molar-refractivity contribution in [3.8, 4) is 0 Å². The molecule has 0 radical (unpaired) electrons. The Balaban J connectivity index is 3.12. The minimum absolute atomic E-state index is 0.134. The van der Waals surface area contributed by atoms with E-state index in [1.54, 1.807) is 13.8 Å². The van der Waals surface area contributed by atoms with Crippen LogP contribution in [0.25, 0.3) is 0 Å². The lowest BCUT2D eigenvalue weighted by Crippen LogP contribution is -2.34. The smallest absolute Gasteiger partial charge is 0.340 e. The van der Waals surface area contributed by atoms with E-state index in [4.69, 9.17) is 21.7 Å². The van der Waals surface area contributed by atoms with Crippen LogP contribution in [0.5, 0.6) is 0 Å². The van der Waals surface area contributed by atoms with Gasteiger partial charge in [0.25, 0.3) is 0 Å². The first kappa shape index (κ1) is 18.9. The molecule has 0 saturated carbocycles. The largest absolute Gasteiger partial charge is 0.462 e. The molecule has 0 aliphatic heterocycles. The minimum atomic E-state index is -0.488. The summed E-state index contributed by atoms with van der Waals surface area (Å²) in [6, 6.07) is 4.70. The molecule has 0 bridgehead atoms. The molecule has 0 unspecified atom stereocenters. The molecule has 0 amide bonds. The molecule has 0 atom stereocenters. The SMILES string of the molecule is CCOC(=O)c1ccc(C(=O)OCC)c(NC(=S)NC(C)C)c1. The molecular weight excluding hydrogens is 316 g/mol. The van der Waals surface area contributed by atoms with E-state index in [0.29, 0.717) is 21.9 Å². The summed E-state index contributed by atoms with van der Waals surface area (Å²) >= 11 is 5.19. The molecule has 0 aliphatic carbocycles. The molecule has 1 aromatic rings. The van der Waals surface area contributed by atoms with Crippen LogP contribution < -0.4 is 10.6 Å². The molecule has 1 rings (SSSR count). The highest BCUT2D eigenvalue weighted by Gasteiger charge is 2.17. The van der Waals surface area contributed by atoms with Crippen LogP contribution in [0, 0.1) is 0 Å². The van der Waals surface area contributed by atoms with Gasteiger partial charge in [-0.05, 0) is 58.1 Å². The predicted octanol–water partition coefficient (Wildman–Crippen LogP) is 2.73. The van der Waals surface area contributed by atoms with Crippen LogP contribution in [0.15, 0.2) is 18.2 Å². The van der Waals surface area contributed by atoms with Crippen LogP contribution in [-0.4, -0.2) is 36.3 Å². The number of hydrogen-bond donors (Lipinski definition) is 2. The third-order valence-electron chi connectivity index (χ3n) is 2.69. The van der Waals surface area contributed by atoms with E-state index in [2.05, 4.69) is 10.6 Å². The summed E-state index contributed by atoms with van der Waals surface area (Å²) in [5.41, 5.74) is 1.02. The molecule has 0 aromatic heterocycles. The number of nitrogens with one attached hydrogen (secondary N) is 2. The average Bonchev–Trinajstić information content (AvgIpc) is 2.46. The second-order valence-corrected chi connectivity index (χ2v) is 5.36. The van der Waals surface area contributed by atoms with Crippen molar-refractivity contribution in [3.05, 3.63) is 29.3 Å². The number of carbonyl (C=O) groups is 2. The molecular formula is C16H22N2O4S. The molecule has 7 heteroatoms. The lowest BCUT2D eigenvalue weighted by Gasteiger charge is -2.16. The number of hydrogen-bond acceptors (Lipinski definition) is 5. The van der Waals surface area contributed by atoms with E-state index in [0.717, 1.165) is 0 Å². The Morgan fingerprint density at radius 2 is 1.74 bits per heavy atom. The number of thiocarbonyl (C=S) groups is 1. The number of ether oxygens (including phenoxy) is 2. The number of benzene rings is 1. The van der Waals surface area contributed by atoms with Gasteiger partial charge in [0.15, 0.2) is 5.11 Å². The van der Waals surface area contributed by atoms with E-state index in [1.807, 2.05) is 13.8 Å². The van der Waals surface area contributed by atoms with Crippen molar-refractivity contribution in [2.75, 3.05) is 18.5 Å². The van der Waals surface area contributed by atoms with Crippen molar-refractivity contribution in [2.45, 2.75) is 33.7 Å². The van der Waals surface area contributed by atoms with Crippen molar-refractivity contribution in [1.29, 1.82) is 0 Å². The molecule has 0 fully saturated rings. The highest BCUT2D eigenvalue weighted by atomic mass is 32.1. The van der Waals surface area contributed by atoms with Gasteiger partial charge >= 0.3 is 11.9 Å². The third kappa shape index (κ3) is 5.86. The third-order valence-corrected chi connectivity index (χ3v) is 2.91. The zero-order valence-corrected chi connectivity index (χ0v) is 14.6. The Labute approximate surface area is 141 Å². The van der Waals surface area contributed by atoms with E-state index in [1.165, 1.54) is 18.2 Å². The fraction of sp³-hybridized carbons (Fsp3) is 0.438. The Kier molecular flexibility index (Phi) is 7.47. The summed E-state index contributed by atoms with van der Waals surface area (Å²) in [5, 5.41) is 6.30. The number of carbonyl (C=O) groups excluding carboxylic acids is 2. The molecule has 2 N–H and O–H groups in total. The van der Waals surface area contributed by atoms with Crippen LogP contribution in [0.4, 0.5) is 5.69 Å². The highest BCUT2D eigenvalue weighted by Crippen LogP contribution is 2.20. The van der Waals surface area contributed by atoms with Crippen LogP contribution in [0.3, 0.4) is 0 Å². The molecule has 6 nitrogen and oxygen atoms in total. The molecule has 0 spiro atoms. The monoisotopic (exact) mass is 338 g/mol. The predicted molar refractivity (Wildman–Crippen MR) is 92.8 cm³/mol. The van der Waals surface area contributed by atoms with Crippen molar-refractivity contribution >= 4 is 35.0 Å². The number of rotatable bonds is 6. The van der Waals surface area contributed by atoms with Crippen molar-refractivity contribution in [1.82, 2.24) is 5.32 Å². The number of esters is 2. The van der Waals surface area contributed by atoms with Crippen LogP contribution in [0.1, 0.15) is 48.4 Å². The Morgan fingerprint density at radius 3 is 2.30 bits per heavy atom. The zero-order valence-electron chi connectivity index (χ0n) is 13.8. The first-order valence-electron chi connectivity index (χ1n) is 7.44. The average molecular weight is 338 g/mol. The van der Waals surface area contributed by atoms with Gasteiger partial charge < -0.3 is 20.1 Å². The standard InChI is InChI=1S/C16H22N2O4S/c1-5-21-14(19)11-7-8-12(15(20)22-6-2)13(9-11)18-16(23)17-10(3)4/h7-10H,5-6H2,1-4H3,(H2,17,18,23). The van der Waals surface area contributed by atoms with Gasteiger partial charge in [-0.15, -0.1) is 0 Å². The minimum Gasteiger partial charge on any atom is -0.462 e. The maximum absolute atomic E-state index is 12.0. The van der Waals surface area contributed by atoms with Gasteiger partial charge in [0, 0.05) is 6.04 Å². The van der Waals surface area contributed by atoms with E-state index in [9.17, 15) is 9.59 Å². The van der Waals surface area contributed by atoms with Gasteiger partial charge in [-0.2, -0.15) is 0 Å². The van der Waals surface area contributed by atoms with Gasteiger partial charge in [-0.25, -0.2) is 9.59 Å². The second-order valence-electron chi connectivity index (χ2n) is 4.95. The summed E-state index contributed by atoms with van der Waals surface area (Å²) < 4.78 is 9.99. The summed E-state index contributed by atoms with van der Waals surface area (Å²) in [4.78, 5) is 23.9. The number of anilines is 1. The first-order chi connectivity index (χ1) is 10.9. The maximum atomic E-state index is 12.0. The van der Waals surface area contributed by atoms with Gasteiger partial charge in [0.2, 0.25) is 0 Å². The van der Waals surface area contributed by atoms with E-state index < -0.39 is 11.9 Å². The normalized spacial score (nSPS) is 10.1.